The fourth-order valence-corrected chi connectivity index (χ4v) is 4.05. The molecule has 0 atom stereocenters. The molecule has 1 aromatic rings. The molecule has 1 aliphatic rings. The van der Waals surface area contributed by atoms with E-state index in [4.69, 9.17) is 4.74 Å². The molecule has 0 spiro atoms. The molecular weight excluding hydrogens is 308 g/mol. The van der Waals surface area contributed by atoms with Gasteiger partial charge < -0.3 is 15.0 Å². The molecular formula is C18H30N2O2S. The van der Waals surface area contributed by atoms with E-state index in [9.17, 15) is 4.79 Å². The average Bonchev–Trinajstić information content (AvgIpc) is 3.07. The molecule has 0 aliphatic heterocycles. The lowest BCUT2D eigenvalue weighted by Gasteiger charge is -2.31. The normalized spacial score (nSPS) is 15.8. The van der Waals surface area contributed by atoms with Crippen LogP contribution in [0.25, 0.3) is 0 Å². The van der Waals surface area contributed by atoms with Crippen molar-refractivity contribution in [2.45, 2.75) is 57.4 Å². The Kier molecular flexibility index (Phi) is 7.89. The number of hydrogen-bond acceptors (Lipinski definition) is 4. The number of rotatable bonds is 9. The molecule has 0 bridgehead atoms. The van der Waals surface area contributed by atoms with Gasteiger partial charge in [-0.1, -0.05) is 25.7 Å². The van der Waals surface area contributed by atoms with E-state index in [0.29, 0.717) is 10.6 Å². The first-order valence-electron chi connectivity index (χ1n) is 8.82. The number of hydrogen-bond donors (Lipinski definition) is 1. The molecule has 0 aromatic carbocycles. The summed E-state index contributed by atoms with van der Waals surface area (Å²) in [5, 5.41) is 4.87. The number of thiophene rings is 1. The van der Waals surface area contributed by atoms with Crippen LogP contribution in [0.1, 0.15) is 61.0 Å². The second-order valence-electron chi connectivity index (χ2n) is 6.41. The molecule has 1 saturated carbocycles. The van der Waals surface area contributed by atoms with E-state index in [2.05, 4.69) is 17.3 Å². The van der Waals surface area contributed by atoms with Gasteiger partial charge >= 0.3 is 0 Å². The molecule has 1 aromatic heterocycles. The Bertz CT molecular complexity index is 469. The summed E-state index contributed by atoms with van der Waals surface area (Å²) >= 11 is 1.43. The highest BCUT2D eigenvalue weighted by Crippen LogP contribution is 2.24. The Morgan fingerprint density at radius 3 is 2.83 bits per heavy atom. The van der Waals surface area contributed by atoms with Gasteiger partial charge in [0.05, 0.1) is 7.11 Å². The van der Waals surface area contributed by atoms with Gasteiger partial charge in [-0.3, -0.25) is 4.79 Å². The predicted octanol–water partition coefficient (Wildman–Crippen LogP) is 3.92. The van der Waals surface area contributed by atoms with Crippen LogP contribution in [0.4, 0.5) is 0 Å². The van der Waals surface area contributed by atoms with Gasteiger partial charge in [0.25, 0.3) is 5.91 Å². The zero-order valence-corrected chi connectivity index (χ0v) is 15.3. The molecule has 4 nitrogen and oxygen atoms in total. The van der Waals surface area contributed by atoms with Crippen LogP contribution in [0.5, 0.6) is 5.75 Å². The van der Waals surface area contributed by atoms with Crippen LogP contribution in [0.3, 0.4) is 0 Å². The first-order chi connectivity index (χ1) is 11.2. The van der Waals surface area contributed by atoms with Crippen molar-refractivity contribution in [2.75, 3.05) is 27.2 Å². The largest absolute Gasteiger partial charge is 0.495 e. The smallest absolute Gasteiger partial charge is 0.265 e. The molecule has 1 amide bonds. The summed E-state index contributed by atoms with van der Waals surface area (Å²) in [5.74, 6) is 0.651. The van der Waals surface area contributed by atoms with Crippen LogP contribution >= 0.6 is 11.3 Å². The maximum absolute atomic E-state index is 12.0. The molecule has 1 fully saturated rings. The zero-order valence-electron chi connectivity index (χ0n) is 14.5. The van der Waals surface area contributed by atoms with Crippen LogP contribution in [-0.2, 0) is 0 Å². The van der Waals surface area contributed by atoms with Crippen molar-refractivity contribution < 1.29 is 9.53 Å². The topological polar surface area (TPSA) is 41.6 Å². The lowest BCUT2D eigenvalue weighted by molar-refractivity contribution is 0.0954. The quantitative estimate of drug-likeness (QED) is 0.694. The third-order valence-electron chi connectivity index (χ3n) is 4.73. The zero-order chi connectivity index (χ0) is 16.5. The van der Waals surface area contributed by atoms with Crippen molar-refractivity contribution in [3.8, 4) is 5.75 Å². The van der Waals surface area contributed by atoms with Crippen molar-refractivity contribution >= 4 is 17.2 Å². The van der Waals surface area contributed by atoms with Gasteiger partial charge in [0.15, 0.2) is 0 Å². The average molecular weight is 339 g/mol. The number of nitrogens with zero attached hydrogens (tertiary/aromatic N) is 1. The highest BCUT2D eigenvalue weighted by atomic mass is 32.1. The summed E-state index contributed by atoms with van der Waals surface area (Å²) in [4.78, 5) is 15.3. The van der Waals surface area contributed by atoms with Gasteiger partial charge in [0, 0.05) is 12.6 Å². The fraction of sp³-hybridized carbons (Fsp3) is 0.722. The van der Waals surface area contributed by atoms with Gasteiger partial charge in [0.1, 0.15) is 10.6 Å². The maximum Gasteiger partial charge on any atom is 0.265 e. The maximum atomic E-state index is 12.0. The van der Waals surface area contributed by atoms with E-state index < -0.39 is 0 Å². The second-order valence-corrected chi connectivity index (χ2v) is 7.32. The Balaban J connectivity index is 1.54. The number of amides is 1. The van der Waals surface area contributed by atoms with Crippen LogP contribution in [0.2, 0.25) is 0 Å². The number of carbonyl (C=O) groups excluding carboxylic acids is 1. The Morgan fingerprint density at radius 1 is 1.30 bits per heavy atom. The van der Waals surface area contributed by atoms with E-state index in [1.165, 1.54) is 62.8 Å². The minimum Gasteiger partial charge on any atom is -0.495 e. The van der Waals surface area contributed by atoms with Gasteiger partial charge in [0.2, 0.25) is 0 Å². The monoisotopic (exact) mass is 338 g/mol. The van der Waals surface area contributed by atoms with Crippen LogP contribution in [0.15, 0.2) is 11.4 Å². The molecule has 2 rings (SSSR count). The molecule has 5 heteroatoms. The number of carbonyl (C=O) groups is 1. The molecule has 1 aliphatic carbocycles. The minimum absolute atomic E-state index is 0.0174. The van der Waals surface area contributed by atoms with E-state index in [0.717, 1.165) is 19.0 Å². The number of ether oxygens (including phenoxy) is 1. The highest BCUT2D eigenvalue weighted by molar-refractivity contribution is 7.12. The summed E-state index contributed by atoms with van der Waals surface area (Å²) in [6, 6.07) is 2.63. The summed E-state index contributed by atoms with van der Waals surface area (Å²) in [5.41, 5.74) is 0. The second kappa shape index (κ2) is 9.93. The first kappa shape index (κ1) is 18.3. The van der Waals surface area contributed by atoms with E-state index in [-0.39, 0.29) is 5.91 Å². The molecule has 0 radical (unpaired) electrons. The van der Waals surface area contributed by atoms with Crippen LogP contribution < -0.4 is 10.1 Å². The third kappa shape index (κ3) is 5.81. The molecule has 0 unspecified atom stereocenters. The fourth-order valence-electron chi connectivity index (χ4n) is 3.27. The lowest BCUT2D eigenvalue weighted by Crippen LogP contribution is -2.34. The summed E-state index contributed by atoms with van der Waals surface area (Å²) in [6.45, 7) is 1.92. The molecule has 0 saturated heterocycles. The number of methoxy groups -OCH3 is 1. The van der Waals surface area contributed by atoms with E-state index in [1.807, 2.05) is 11.4 Å². The Morgan fingerprint density at radius 2 is 2.09 bits per heavy atom. The van der Waals surface area contributed by atoms with E-state index >= 15 is 0 Å². The standard InChI is InChI=1S/C18H30N2O2S/c1-20(15-9-5-3-6-10-15)13-8-4-7-12-19-18(21)17-16(22-2)11-14-23-17/h11,14-15H,3-10,12-13H2,1-2H3,(H,19,21). The SMILES string of the molecule is COc1ccsc1C(=O)NCCCCCN(C)C1CCCCC1. The molecule has 23 heavy (non-hydrogen) atoms. The first-order valence-corrected chi connectivity index (χ1v) is 9.70. The summed E-state index contributed by atoms with van der Waals surface area (Å²) in [6.07, 6.45) is 10.4. The van der Waals surface area contributed by atoms with Crippen molar-refractivity contribution in [1.29, 1.82) is 0 Å². The Labute approximate surface area is 144 Å². The molecule has 130 valence electrons. The van der Waals surface area contributed by atoms with Gasteiger partial charge in [-0.15, -0.1) is 11.3 Å². The van der Waals surface area contributed by atoms with Crippen molar-refractivity contribution in [2.24, 2.45) is 0 Å². The summed E-state index contributed by atoms with van der Waals surface area (Å²) < 4.78 is 5.18. The van der Waals surface area contributed by atoms with Crippen molar-refractivity contribution in [3.63, 3.8) is 0 Å². The highest BCUT2D eigenvalue weighted by Gasteiger charge is 2.17. The van der Waals surface area contributed by atoms with Crippen LogP contribution in [0, 0.1) is 0 Å². The van der Waals surface area contributed by atoms with Crippen LogP contribution in [-0.4, -0.2) is 44.1 Å². The third-order valence-corrected chi connectivity index (χ3v) is 5.62. The molecule has 1 heterocycles. The number of unbranched alkanes of at least 4 members (excludes halogenated alkanes) is 2. The van der Waals surface area contributed by atoms with Gasteiger partial charge in [-0.2, -0.15) is 0 Å². The number of nitrogens with one attached hydrogen (secondary N) is 1. The minimum atomic E-state index is -0.0174. The predicted molar refractivity (Wildman–Crippen MR) is 96.6 cm³/mol. The summed E-state index contributed by atoms with van der Waals surface area (Å²) in [7, 11) is 3.86. The van der Waals surface area contributed by atoms with E-state index in [1.54, 1.807) is 7.11 Å². The van der Waals surface area contributed by atoms with Crippen molar-refractivity contribution in [1.82, 2.24) is 10.2 Å². The lowest BCUT2D eigenvalue weighted by atomic mass is 9.94. The van der Waals surface area contributed by atoms with Gasteiger partial charge in [-0.05, 0) is 50.7 Å². The molecule has 1 N–H and O–H groups in total. The van der Waals surface area contributed by atoms with Crippen molar-refractivity contribution in [3.05, 3.63) is 16.3 Å². The van der Waals surface area contributed by atoms with Gasteiger partial charge in [-0.25, -0.2) is 0 Å². The Hall–Kier alpha value is -1.07.